The smallest absolute Gasteiger partial charge is 0.255 e. The Bertz CT molecular complexity index is 981. The fourth-order valence-electron chi connectivity index (χ4n) is 2.74. The molecule has 0 aromatic heterocycles. The molecule has 0 aliphatic rings. The molecule has 5 nitrogen and oxygen atoms in total. The van der Waals surface area contributed by atoms with Crippen molar-refractivity contribution in [2.24, 2.45) is 0 Å². The molecule has 0 bridgehead atoms. The normalized spacial score (nSPS) is 10.2. The highest BCUT2D eigenvalue weighted by Crippen LogP contribution is 2.18. The monoisotopic (exact) mass is 374 g/mol. The molecule has 0 saturated heterocycles. The molecule has 28 heavy (non-hydrogen) atoms. The lowest BCUT2D eigenvalue weighted by Gasteiger charge is -2.10. The van der Waals surface area contributed by atoms with Gasteiger partial charge >= 0.3 is 0 Å². The van der Waals surface area contributed by atoms with Crippen LogP contribution in [0.4, 0.5) is 11.4 Å². The van der Waals surface area contributed by atoms with Gasteiger partial charge in [-0.15, -0.1) is 0 Å². The van der Waals surface area contributed by atoms with E-state index in [-0.39, 0.29) is 11.8 Å². The number of amides is 2. The van der Waals surface area contributed by atoms with Crippen LogP contribution in [-0.4, -0.2) is 11.8 Å². The van der Waals surface area contributed by atoms with Gasteiger partial charge in [0.05, 0.1) is 0 Å². The number of benzene rings is 3. The summed E-state index contributed by atoms with van der Waals surface area (Å²) in [5.74, 6) is 0.266. The number of hydrogen-bond acceptors (Lipinski definition) is 3. The van der Waals surface area contributed by atoms with Crippen LogP contribution in [0.2, 0.25) is 0 Å². The third kappa shape index (κ3) is 5.45. The van der Waals surface area contributed by atoms with Crippen LogP contribution in [-0.2, 0) is 11.4 Å². The second kappa shape index (κ2) is 8.86. The Kier molecular flexibility index (Phi) is 6.07. The molecule has 3 aromatic carbocycles. The van der Waals surface area contributed by atoms with Crippen molar-refractivity contribution in [2.45, 2.75) is 20.5 Å². The van der Waals surface area contributed by atoms with Gasteiger partial charge in [0.2, 0.25) is 5.91 Å². The summed E-state index contributed by atoms with van der Waals surface area (Å²) in [6, 6.07) is 22.1. The first-order valence-electron chi connectivity index (χ1n) is 8.97. The van der Waals surface area contributed by atoms with E-state index in [0.717, 1.165) is 5.56 Å². The van der Waals surface area contributed by atoms with Gasteiger partial charge in [0.15, 0.2) is 0 Å². The number of carbonyl (C=O) groups excluding carboxylic acids is 2. The fourth-order valence-corrected chi connectivity index (χ4v) is 2.74. The Morgan fingerprint density at radius 3 is 2.21 bits per heavy atom. The SMILES string of the molecule is CC(=O)Nc1ccc(NC(=O)c2cccc(OCc3cccc(C)c3)c2)cc1. The van der Waals surface area contributed by atoms with E-state index in [2.05, 4.69) is 16.7 Å². The predicted molar refractivity (Wildman–Crippen MR) is 111 cm³/mol. The van der Waals surface area contributed by atoms with Crippen LogP contribution in [0.3, 0.4) is 0 Å². The summed E-state index contributed by atoms with van der Waals surface area (Å²) in [5.41, 5.74) is 4.09. The first-order chi connectivity index (χ1) is 13.5. The fraction of sp³-hybridized carbons (Fsp3) is 0.130. The van der Waals surface area contributed by atoms with Gasteiger partial charge in [-0.25, -0.2) is 0 Å². The Morgan fingerprint density at radius 2 is 1.54 bits per heavy atom. The van der Waals surface area contributed by atoms with E-state index in [4.69, 9.17) is 4.74 Å². The third-order valence-electron chi connectivity index (χ3n) is 4.05. The number of carbonyl (C=O) groups is 2. The molecule has 0 heterocycles. The van der Waals surface area contributed by atoms with Crippen LogP contribution in [0.1, 0.15) is 28.4 Å². The molecule has 0 unspecified atom stereocenters. The summed E-state index contributed by atoms with van der Waals surface area (Å²) >= 11 is 0. The summed E-state index contributed by atoms with van der Waals surface area (Å²) in [5, 5.41) is 5.53. The van der Waals surface area contributed by atoms with Crippen molar-refractivity contribution in [3.8, 4) is 5.75 Å². The van der Waals surface area contributed by atoms with Crippen LogP contribution in [0.5, 0.6) is 5.75 Å². The standard InChI is InChI=1S/C23H22N2O3/c1-16-5-3-6-18(13-16)15-28-22-8-4-7-19(14-22)23(27)25-21-11-9-20(10-12-21)24-17(2)26/h3-14H,15H2,1-2H3,(H,24,26)(H,25,27). The zero-order valence-electron chi connectivity index (χ0n) is 15.9. The van der Waals surface area contributed by atoms with Crippen molar-refractivity contribution >= 4 is 23.2 Å². The van der Waals surface area contributed by atoms with E-state index in [1.54, 1.807) is 42.5 Å². The minimum Gasteiger partial charge on any atom is -0.489 e. The lowest BCUT2D eigenvalue weighted by atomic mass is 10.1. The summed E-state index contributed by atoms with van der Waals surface area (Å²) in [4.78, 5) is 23.6. The molecule has 0 atom stereocenters. The summed E-state index contributed by atoms with van der Waals surface area (Å²) in [7, 11) is 0. The van der Waals surface area contributed by atoms with Crippen LogP contribution in [0, 0.1) is 6.92 Å². The Morgan fingerprint density at radius 1 is 0.857 bits per heavy atom. The number of hydrogen-bond donors (Lipinski definition) is 2. The van der Waals surface area contributed by atoms with Crippen LogP contribution < -0.4 is 15.4 Å². The van der Waals surface area contributed by atoms with Gasteiger partial charge in [-0.3, -0.25) is 9.59 Å². The molecular weight excluding hydrogens is 352 g/mol. The van der Waals surface area contributed by atoms with E-state index in [0.29, 0.717) is 29.3 Å². The lowest BCUT2D eigenvalue weighted by molar-refractivity contribution is -0.114. The minimum absolute atomic E-state index is 0.140. The summed E-state index contributed by atoms with van der Waals surface area (Å²) in [6.45, 7) is 3.93. The molecule has 3 rings (SSSR count). The number of ether oxygens (including phenoxy) is 1. The van der Waals surface area contributed by atoms with Crippen molar-refractivity contribution in [2.75, 3.05) is 10.6 Å². The van der Waals surface area contributed by atoms with Crippen LogP contribution in [0.25, 0.3) is 0 Å². The van der Waals surface area contributed by atoms with Gasteiger partial charge in [-0.05, 0) is 55.0 Å². The number of aryl methyl sites for hydroxylation is 1. The first kappa shape index (κ1) is 19.2. The molecule has 3 aromatic rings. The second-order valence-electron chi connectivity index (χ2n) is 6.52. The minimum atomic E-state index is -0.228. The molecular formula is C23H22N2O3. The topological polar surface area (TPSA) is 67.4 Å². The average molecular weight is 374 g/mol. The zero-order valence-corrected chi connectivity index (χ0v) is 15.9. The predicted octanol–water partition coefficient (Wildman–Crippen LogP) is 4.78. The van der Waals surface area contributed by atoms with E-state index in [9.17, 15) is 9.59 Å². The number of nitrogens with one attached hydrogen (secondary N) is 2. The van der Waals surface area contributed by atoms with Gasteiger partial charge in [0.1, 0.15) is 12.4 Å². The quantitative estimate of drug-likeness (QED) is 0.652. The molecule has 0 aliphatic heterocycles. The van der Waals surface area contributed by atoms with Crippen molar-refractivity contribution in [3.63, 3.8) is 0 Å². The molecule has 0 radical (unpaired) electrons. The zero-order chi connectivity index (χ0) is 19.9. The van der Waals surface area contributed by atoms with Crippen molar-refractivity contribution in [1.29, 1.82) is 0 Å². The van der Waals surface area contributed by atoms with Gasteiger partial charge in [0, 0.05) is 23.9 Å². The van der Waals surface area contributed by atoms with Gasteiger partial charge in [-0.1, -0.05) is 35.9 Å². The molecule has 5 heteroatoms. The van der Waals surface area contributed by atoms with Gasteiger partial charge in [-0.2, -0.15) is 0 Å². The molecule has 0 aliphatic carbocycles. The van der Waals surface area contributed by atoms with Gasteiger partial charge in [0.25, 0.3) is 5.91 Å². The van der Waals surface area contributed by atoms with Crippen molar-refractivity contribution in [3.05, 3.63) is 89.5 Å². The summed E-state index contributed by atoms with van der Waals surface area (Å²) < 4.78 is 5.82. The maximum atomic E-state index is 12.5. The number of anilines is 2. The van der Waals surface area contributed by atoms with E-state index < -0.39 is 0 Å². The highest BCUT2D eigenvalue weighted by Gasteiger charge is 2.08. The molecule has 0 spiro atoms. The summed E-state index contributed by atoms with van der Waals surface area (Å²) in [6.07, 6.45) is 0. The van der Waals surface area contributed by atoms with Crippen LogP contribution in [0.15, 0.2) is 72.8 Å². The second-order valence-corrected chi connectivity index (χ2v) is 6.52. The Balaban J connectivity index is 1.62. The highest BCUT2D eigenvalue weighted by atomic mass is 16.5. The largest absolute Gasteiger partial charge is 0.489 e. The lowest BCUT2D eigenvalue weighted by Crippen LogP contribution is -2.12. The highest BCUT2D eigenvalue weighted by molar-refractivity contribution is 6.04. The Labute approximate surface area is 164 Å². The molecule has 0 saturated carbocycles. The van der Waals surface area contributed by atoms with Crippen LogP contribution >= 0.6 is 0 Å². The Hall–Kier alpha value is -3.60. The molecule has 142 valence electrons. The first-order valence-corrected chi connectivity index (χ1v) is 8.97. The maximum absolute atomic E-state index is 12.5. The molecule has 2 amide bonds. The maximum Gasteiger partial charge on any atom is 0.255 e. The average Bonchev–Trinajstić information content (AvgIpc) is 2.68. The molecule has 2 N–H and O–H groups in total. The molecule has 0 fully saturated rings. The van der Waals surface area contributed by atoms with Crippen molar-refractivity contribution in [1.82, 2.24) is 0 Å². The van der Waals surface area contributed by atoms with E-state index in [1.165, 1.54) is 12.5 Å². The van der Waals surface area contributed by atoms with E-state index >= 15 is 0 Å². The van der Waals surface area contributed by atoms with Gasteiger partial charge < -0.3 is 15.4 Å². The number of rotatable bonds is 6. The van der Waals surface area contributed by atoms with E-state index in [1.807, 2.05) is 31.2 Å². The third-order valence-corrected chi connectivity index (χ3v) is 4.05. The van der Waals surface area contributed by atoms with Crippen molar-refractivity contribution < 1.29 is 14.3 Å².